The Balaban J connectivity index is 2.44. The molecule has 17 heavy (non-hydrogen) atoms. The molecule has 0 radical (unpaired) electrons. The Morgan fingerprint density at radius 2 is 2.12 bits per heavy atom. The highest BCUT2D eigenvalue weighted by Gasteiger charge is 2.16. The second kappa shape index (κ2) is 4.72. The summed E-state index contributed by atoms with van der Waals surface area (Å²) in [6.07, 6.45) is 2.89. The van der Waals surface area contributed by atoms with E-state index in [1.165, 1.54) is 5.56 Å². The van der Waals surface area contributed by atoms with E-state index in [1.807, 2.05) is 30.5 Å². The molecule has 0 amide bonds. The van der Waals surface area contributed by atoms with Crippen molar-refractivity contribution in [3.8, 4) is 0 Å². The van der Waals surface area contributed by atoms with Gasteiger partial charge in [0.15, 0.2) is 0 Å². The smallest absolute Gasteiger partial charge is 0.121 e. The summed E-state index contributed by atoms with van der Waals surface area (Å²) in [5.41, 5.74) is 4.15. The van der Waals surface area contributed by atoms with E-state index in [2.05, 4.69) is 18.0 Å². The Bertz CT molecular complexity index is 517. The van der Waals surface area contributed by atoms with Crippen LogP contribution in [0.1, 0.15) is 35.4 Å². The molecule has 1 atom stereocenters. The van der Waals surface area contributed by atoms with Gasteiger partial charge in [0.1, 0.15) is 6.10 Å². The monoisotopic (exact) mass is 230 g/mol. The van der Waals surface area contributed by atoms with Crippen LogP contribution in [0.15, 0.2) is 30.7 Å². The predicted molar refractivity (Wildman–Crippen MR) is 67.9 cm³/mol. The van der Waals surface area contributed by atoms with E-state index in [0.717, 1.165) is 23.4 Å². The summed E-state index contributed by atoms with van der Waals surface area (Å²) < 4.78 is 1.96. The normalized spacial score (nSPS) is 12.7. The summed E-state index contributed by atoms with van der Waals surface area (Å²) in [5, 5.41) is 10.4. The Kier molecular flexibility index (Phi) is 3.29. The molecule has 1 aromatic carbocycles. The number of aliphatic hydroxyl groups excluding tert-OH is 1. The predicted octanol–water partition coefficient (Wildman–Crippen LogP) is 2.60. The van der Waals surface area contributed by atoms with E-state index in [1.54, 1.807) is 12.5 Å². The van der Waals surface area contributed by atoms with Gasteiger partial charge in [0.2, 0.25) is 0 Å². The minimum Gasteiger partial charge on any atom is -0.382 e. The molecule has 1 aromatic heterocycles. The summed E-state index contributed by atoms with van der Waals surface area (Å²) in [5.74, 6) is 0. The van der Waals surface area contributed by atoms with Crippen LogP contribution in [-0.2, 0) is 6.54 Å². The van der Waals surface area contributed by atoms with Crippen LogP contribution in [0.3, 0.4) is 0 Å². The third-order valence-electron chi connectivity index (χ3n) is 3.31. The second-order valence-corrected chi connectivity index (χ2v) is 4.30. The maximum absolute atomic E-state index is 10.4. The first-order valence-corrected chi connectivity index (χ1v) is 5.89. The lowest BCUT2D eigenvalue weighted by Crippen LogP contribution is -2.09. The van der Waals surface area contributed by atoms with E-state index in [-0.39, 0.29) is 0 Å². The Morgan fingerprint density at radius 3 is 2.82 bits per heavy atom. The third kappa shape index (κ3) is 2.11. The number of hydrogen-bond donors (Lipinski definition) is 1. The molecule has 3 nitrogen and oxygen atoms in total. The van der Waals surface area contributed by atoms with Crippen LogP contribution in [0.2, 0.25) is 0 Å². The molecule has 0 saturated carbocycles. The Hall–Kier alpha value is -1.61. The molecule has 3 heteroatoms. The van der Waals surface area contributed by atoms with Gasteiger partial charge in [-0.2, -0.15) is 0 Å². The first-order chi connectivity index (χ1) is 8.15. The van der Waals surface area contributed by atoms with E-state index >= 15 is 0 Å². The van der Waals surface area contributed by atoms with Crippen LogP contribution < -0.4 is 0 Å². The highest BCUT2D eigenvalue weighted by Crippen LogP contribution is 2.26. The Morgan fingerprint density at radius 1 is 1.35 bits per heavy atom. The van der Waals surface area contributed by atoms with Crippen LogP contribution in [0.5, 0.6) is 0 Å². The number of aromatic nitrogens is 2. The molecule has 0 aliphatic carbocycles. The molecular formula is C14H18N2O. The highest BCUT2D eigenvalue weighted by molar-refractivity contribution is 5.37. The zero-order chi connectivity index (χ0) is 12.4. The van der Waals surface area contributed by atoms with Gasteiger partial charge in [0.25, 0.3) is 0 Å². The molecule has 90 valence electrons. The van der Waals surface area contributed by atoms with Gasteiger partial charge < -0.3 is 9.67 Å². The van der Waals surface area contributed by atoms with Crippen molar-refractivity contribution < 1.29 is 5.11 Å². The van der Waals surface area contributed by atoms with Crippen molar-refractivity contribution in [1.29, 1.82) is 0 Å². The number of nitrogens with zero attached hydrogens (tertiary/aromatic N) is 2. The largest absolute Gasteiger partial charge is 0.382 e. The van der Waals surface area contributed by atoms with Crippen molar-refractivity contribution in [2.24, 2.45) is 0 Å². The topological polar surface area (TPSA) is 38.0 Å². The maximum atomic E-state index is 10.4. The average molecular weight is 230 g/mol. The van der Waals surface area contributed by atoms with E-state index in [9.17, 15) is 5.11 Å². The molecule has 0 spiro atoms. The van der Waals surface area contributed by atoms with E-state index in [0.29, 0.717) is 0 Å². The van der Waals surface area contributed by atoms with Crippen LogP contribution >= 0.6 is 0 Å². The van der Waals surface area contributed by atoms with Gasteiger partial charge in [0.05, 0.1) is 18.2 Å². The molecule has 0 bridgehead atoms. The van der Waals surface area contributed by atoms with Crippen molar-refractivity contribution >= 4 is 0 Å². The van der Waals surface area contributed by atoms with E-state index < -0.39 is 6.10 Å². The van der Waals surface area contributed by atoms with Crippen LogP contribution in [0.25, 0.3) is 0 Å². The fraction of sp³-hybridized carbons (Fsp3) is 0.357. The summed E-state index contributed by atoms with van der Waals surface area (Å²) in [4.78, 5) is 4.09. The maximum Gasteiger partial charge on any atom is 0.121 e. The van der Waals surface area contributed by atoms with Crippen molar-refractivity contribution in [3.05, 3.63) is 53.1 Å². The van der Waals surface area contributed by atoms with Gasteiger partial charge in [-0.15, -0.1) is 0 Å². The summed E-state index contributed by atoms with van der Waals surface area (Å²) in [6, 6.07) is 6.01. The number of imidazole rings is 1. The number of aryl methyl sites for hydroxylation is 2. The molecular weight excluding hydrogens is 212 g/mol. The lowest BCUT2D eigenvalue weighted by Gasteiger charge is -2.16. The quantitative estimate of drug-likeness (QED) is 0.880. The van der Waals surface area contributed by atoms with Gasteiger partial charge >= 0.3 is 0 Å². The van der Waals surface area contributed by atoms with Crippen LogP contribution in [0, 0.1) is 13.8 Å². The second-order valence-electron chi connectivity index (χ2n) is 4.30. The Labute approximate surface area is 102 Å². The van der Waals surface area contributed by atoms with Crippen molar-refractivity contribution in [2.75, 3.05) is 0 Å². The molecule has 1 unspecified atom stereocenters. The molecule has 0 saturated heterocycles. The van der Waals surface area contributed by atoms with Crippen LogP contribution in [0.4, 0.5) is 0 Å². The molecule has 1 N–H and O–H groups in total. The van der Waals surface area contributed by atoms with Gasteiger partial charge in [-0.05, 0) is 37.5 Å². The SMILES string of the molecule is CCn1cncc1C(O)c1cccc(C)c1C. The number of benzene rings is 1. The average Bonchev–Trinajstić information content (AvgIpc) is 2.80. The van der Waals surface area contributed by atoms with Gasteiger partial charge in [-0.25, -0.2) is 4.98 Å². The number of rotatable bonds is 3. The lowest BCUT2D eigenvalue weighted by molar-refractivity contribution is 0.209. The van der Waals surface area contributed by atoms with Gasteiger partial charge in [-0.3, -0.25) is 0 Å². The first kappa shape index (κ1) is 11.9. The highest BCUT2D eigenvalue weighted by atomic mass is 16.3. The fourth-order valence-electron chi connectivity index (χ4n) is 2.05. The number of hydrogen-bond acceptors (Lipinski definition) is 2. The van der Waals surface area contributed by atoms with Crippen molar-refractivity contribution in [1.82, 2.24) is 9.55 Å². The molecule has 0 fully saturated rings. The van der Waals surface area contributed by atoms with Gasteiger partial charge in [0, 0.05) is 6.54 Å². The standard InChI is InChI=1S/C14H18N2O/c1-4-16-9-15-8-13(16)14(17)12-7-5-6-10(2)11(12)3/h5-9,14,17H,4H2,1-3H3. The molecule has 0 aliphatic heterocycles. The van der Waals surface area contributed by atoms with Crippen LogP contribution in [-0.4, -0.2) is 14.7 Å². The number of aliphatic hydroxyl groups is 1. The lowest BCUT2D eigenvalue weighted by atomic mass is 9.97. The zero-order valence-corrected chi connectivity index (χ0v) is 10.5. The fourth-order valence-corrected chi connectivity index (χ4v) is 2.05. The molecule has 2 rings (SSSR count). The minimum atomic E-state index is -0.600. The summed E-state index contributed by atoms with van der Waals surface area (Å²) >= 11 is 0. The van der Waals surface area contributed by atoms with E-state index in [4.69, 9.17) is 0 Å². The summed E-state index contributed by atoms with van der Waals surface area (Å²) in [6.45, 7) is 6.96. The third-order valence-corrected chi connectivity index (χ3v) is 3.31. The summed E-state index contributed by atoms with van der Waals surface area (Å²) in [7, 11) is 0. The molecule has 1 heterocycles. The van der Waals surface area contributed by atoms with Gasteiger partial charge in [-0.1, -0.05) is 18.2 Å². The zero-order valence-electron chi connectivity index (χ0n) is 10.5. The first-order valence-electron chi connectivity index (χ1n) is 5.89. The molecule has 2 aromatic rings. The minimum absolute atomic E-state index is 0.600. The van der Waals surface area contributed by atoms with Crippen molar-refractivity contribution in [3.63, 3.8) is 0 Å². The van der Waals surface area contributed by atoms with Crippen molar-refractivity contribution in [2.45, 2.75) is 33.4 Å². The molecule has 0 aliphatic rings.